The molecule has 0 saturated heterocycles. The number of hydrogen-bond donors (Lipinski definition) is 1. The number of aliphatic hydroxyl groups excluding tert-OH is 1. The van der Waals surface area contributed by atoms with Gasteiger partial charge < -0.3 is 14.4 Å². The second-order valence-corrected chi connectivity index (χ2v) is 8.72. The number of aromatic nitrogens is 2. The maximum atomic E-state index is 10.9. The fourth-order valence-corrected chi connectivity index (χ4v) is 4.65. The molecule has 2 atom stereocenters. The first-order valence-electron chi connectivity index (χ1n) is 11.5. The first-order chi connectivity index (χ1) is 14.7. The lowest BCUT2D eigenvalue weighted by molar-refractivity contribution is 0.0915. The van der Waals surface area contributed by atoms with E-state index < -0.39 is 6.10 Å². The molecule has 1 aromatic heterocycles. The predicted octanol–water partition coefficient (Wildman–Crippen LogP) is 6.46. The van der Waals surface area contributed by atoms with E-state index in [1.54, 1.807) is 0 Å². The van der Waals surface area contributed by atoms with Crippen LogP contribution in [0.25, 0.3) is 11.0 Å². The zero-order chi connectivity index (χ0) is 20.9. The van der Waals surface area contributed by atoms with E-state index >= 15 is 0 Å². The van der Waals surface area contributed by atoms with Gasteiger partial charge in [0.25, 0.3) is 0 Å². The van der Waals surface area contributed by atoms with Crippen LogP contribution in [0.4, 0.5) is 0 Å². The van der Waals surface area contributed by atoms with Gasteiger partial charge in [-0.25, -0.2) is 4.98 Å². The van der Waals surface area contributed by atoms with E-state index in [0.29, 0.717) is 18.4 Å². The number of para-hydroxylation sites is 3. The van der Waals surface area contributed by atoms with Crippen molar-refractivity contribution in [3.63, 3.8) is 0 Å². The van der Waals surface area contributed by atoms with Crippen LogP contribution in [0.5, 0.6) is 5.75 Å². The highest BCUT2D eigenvalue weighted by molar-refractivity contribution is 5.85. The van der Waals surface area contributed by atoms with Crippen molar-refractivity contribution in [1.29, 1.82) is 0 Å². The molecule has 3 aromatic rings. The molecule has 1 aliphatic rings. The summed E-state index contributed by atoms with van der Waals surface area (Å²) in [5, 5.41) is 10.9. The van der Waals surface area contributed by atoms with Crippen molar-refractivity contribution in [2.45, 2.75) is 76.9 Å². The van der Waals surface area contributed by atoms with Gasteiger partial charge in [-0.2, -0.15) is 0 Å². The lowest BCUT2D eigenvalue weighted by Gasteiger charge is -2.24. The number of fused-ring (bicyclic) bond motifs is 1. The highest BCUT2D eigenvalue weighted by Gasteiger charge is 2.23. The maximum Gasteiger partial charge on any atom is 0.122 e. The summed E-state index contributed by atoms with van der Waals surface area (Å²) >= 11 is 0. The molecular weight excluding hydrogens is 408 g/mol. The van der Waals surface area contributed by atoms with Gasteiger partial charge in [0.15, 0.2) is 0 Å². The Hall–Kier alpha value is -2.04. The van der Waals surface area contributed by atoms with Gasteiger partial charge in [-0.05, 0) is 48.9 Å². The minimum Gasteiger partial charge on any atom is -0.491 e. The second kappa shape index (κ2) is 11.0. The summed E-state index contributed by atoms with van der Waals surface area (Å²) in [5.41, 5.74) is 3.34. The van der Waals surface area contributed by atoms with Gasteiger partial charge in [0.2, 0.25) is 0 Å². The Bertz CT molecular complexity index is 965. The fraction of sp³-hybridized carbons (Fsp3) is 0.500. The van der Waals surface area contributed by atoms with Gasteiger partial charge in [0, 0.05) is 5.92 Å². The van der Waals surface area contributed by atoms with Gasteiger partial charge in [-0.1, -0.05) is 63.4 Å². The molecule has 0 spiro atoms. The first-order valence-corrected chi connectivity index (χ1v) is 11.5. The zero-order valence-corrected chi connectivity index (χ0v) is 19.5. The fourth-order valence-electron chi connectivity index (χ4n) is 4.65. The molecule has 2 aromatic carbocycles. The predicted molar refractivity (Wildman–Crippen MR) is 129 cm³/mol. The van der Waals surface area contributed by atoms with Crippen LogP contribution in [0.15, 0.2) is 48.5 Å². The number of rotatable bonds is 8. The third kappa shape index (κ3) is 5.42. The Morgan fingerprint density at radius 3 is 2.55 bits per heavy atom. The second-order valence-electron chi connectivity index (χ2n) is 8.72. The number of imidazole rings is 1. The normalized spacial score (nSPS) is 16.6. The molecule has 1 saturated carbocycles. The van der Waals surface area contributed by atoms with E-state index in [2.05, 4.69) is 48.7 Å². The molecule has 1 heterocycles. The number of hydrogen-bond acceptors (Lipinski definition) is 3. The van der Waals surface area contributed by atoms with Crippen molar-refractivity contribution in [3.05, 3.63) is 59.9 Å². The third-order valence-corrected chi connectivity index (χ3v) is 6.54. The van der Waals surface area contributed by atoms with Crippen LogP contribution < -0.4 is 4.74 Å². The van der Waals surface area contributed by atoms with Crippen molar-refractivity contribution in [2.75, 3.05) is 6.61 Å². The standard InChI is InChI=1S/C26H34N2O2.ClH/c1-3-19(2)22-13-7-10-16-25(22)30-18-21(29)17-28-24-15-9-8-14-23(24)27-26(28)20-11-5-4-6-12-20;/h7-10,13-16,19-21,29H,3-6,11-12,17-18H2,1-2H3;1H. The number of benzene rings is 2. The summed E-state index contributed by atoms with van der Waals surface area (Å²) < 4.78 is 8.32. The Morgan fingerprint density at radius 1 is 1.06 bits per heavy atom. The average molecular weight is 443 g/mol. The summed E-state index contributed by atoms with van der Waals surface area (Å²) in [6, 6.07) is 16.5. The molecule has 1 N–H and O–H groups in total. The maximum absolute atomic E-state index is 10.9. The molecule has 2 unspecified atom stereocenters. The van der Waals surface area contributed by atoms with E-state index in [0.717, 1.165) is 29.0 Å². The molecule has 1 aliphatic carbocycles. The van der Waals surface area contributed by atoms with Gasteiger partial charge >= 0.3 is 0 Å². The van der Waals surface area contributed by atoms with Crippen molar-refractivity contribution < 1.29 is 9.84 Å². The van der Waals surface area contributed by atoms with Crippen LogP contribution in [0, 0.1) is 0 Å². The Balaban J connectivity index is 0.00000272. The van der Waals surface area contributed by atoms with Crippen molar-refractivity contribution in [2.24, 2.45) is 0 Å². The van der Waals surface area contributed by atoms with Crippen LogP contribution in [-0.4, -0.2) is 27.4 Å². The van der Waals surface area contributed by atoms with E-state index in [1.807, 2.05) is 18.2 Å². The number of nitrogens with zero attached hydrogens (tertiary/aromatic N) is 2. The van der Waals surface area contributed by atoms with Crippen LogP contribution in [0.2, 0.25) is 0 Å². The molecule has 0 aliphatic heterocycles. The van der Waals surface area contributed by atoms with Crippen LogP contribution in [0.3, 0.4) is 0 Å². The highest BCUT2D eigenvalue weighted by atomic mass is 35.5. The Morgan fingerprint density at radius 2 is 1.77 bits per heavy atom. The van der Waals surface area contributed by atoms with Crippen molar-refractivity contribution in [3.8, 4) is 5.75 Å². The summed E-state index contributed by atoms with van der Waals surface area (Å²) in [5.74, 6) is 2.95. The topological polar surface area (TPSA) is 47.3 Å². The minimum atomic E-state index is -0.588. The van der Waals surface area contributed by atoms with Crippen LogP contribution >= 0.6 is 12.4 Å². The molecule has 0 bridgehead atoms. The summed E-state index contributed by atoms with van der Waals surface area (Å²) in [7, 11) is 0. The molecule has 1 fully saturated rings. The molecule has 5 heteroatoms. The van der Waals surface area contributed by atoms with Gasteiger partial charge in [0.1, 0.15) is 24.3 Å². The summed E-state index contributed by atoms with van der Waals surface area (Å²) in [4.78, 5) is 4.97. The van der Waals surface area contributed by atoms with Crippen LogP contribution in [-0.2, 0) is 6.54 Å². The summed E-state index contributed by atoms with van der Waals surface area (Å²) in [6.07, 6.45) is 6.72. The third-order valence-electron chi connectivity index (χ3n) is 6.54. The van der Waals surface area contributed by atoms with Gasteiger partial charge in [0.05, 0.1) is 17.6 Å². The quantitative estimate of drug-likeness (QED) is 0.435. The Labute approximate surface area is 192 Å². The van der Waals surface area contributed by atoms with Gasteiger partial charge in [-0.3, -0.25) is 0 Å². The monoisotopic (exact) mass is 442 g/mol. The largest absolute Gasteiger partial charge is 0.491 e. The summed E-state index contributed by atoms with van der Waals surface area (Å²) in [6.45, 7) is 5.20. The smallest absolute Gasteiger partial charge is 0.122 e. The highest BCUT2D eigenvalue weighted by Crippen LogP contribution is 2.34. The zero-order valence-electron chi connectivity index (χ0n) is 18.7. The molecule has 0 amide bonds. The minimum absolute atomic E-state index is 0. The van der Waals surface area contributed by atoms with Crippen molar-refractivity contribution in [1.82, 2.24) is 9.55 Å². The number of halogens is 1. The number of ether oxygens (including phenoxy) is 1. The molecule has 31 heavy (non-hydrogen) atoms. The van der Waals surface area contributed by atoms with Crippen LogP contribution in [0.1, 0.15) is 75.6 Å². The SMILES string of the molecule is CCC(C)c1ccccc1OCC(O)Cn1c(C2CCCCC2)nc2ccccc21.Cl. The van der Waals surface area contributed by atoms with Gasteiger partial charge in [-0.15, -0.1) is 12.4 Å². The van der Waals surface area contributed by atoms with E-state index in [-0.39, 0.29) is 19.0 Å². The molecule has 168 valence electrons. The lowest BCUT2D eigenvalue weighted by atomic mass is 9.88. The molecule has 0 radical (unpaired) electrons. The average Bonchev–Trinajstić information content (AvgIpc) is 3.16. The molecule has 4 nitrogen and oxygen atoms in total. The van der Waals surface area contributed by atoms with E-state index in [9.17, 15) is 5.11 Å². The lowest BCUT2D eigenvalue weighted by Crippen LogP contribution is -2.26. The molecular formula is C26H35ClN2O2. The van der Waals surface area contributed by atoms with E-state index in [4.69, 9.17) is 9.72 Å². The number of aliphatic hydroxyl groups is 1. The van der Waals surface area contributed by atoms with Crippen molar-refractivity contribution >= 4 is 23.4 Å². The Kier molecular flexibility index (Phi) is 8.39. The van der Waals surface area contributed by atoms with E-state index in [1.165, 1.54) is 37.7 Å². The molecule has 4 rings (SSSR count). The first kappa shape index (κ1) is 23.6.